The van der Waals surface area contributed by atoms with Crippen LogP contribution in [0.25, 0.3) is 0 Å². The standard InChI is InChI=1S/C15H19N5/c1-11-2-4-13(5-3-11)18-14-6-8-17-15(19-14)20-9-7-12(16)10-20/h2-6,8,12H,7,9-10,16H2,1H3,(H,17,18,19). The van der Waals surface area contributed by atoms with E-state index in [0.717, 1.165) is 37.0 Å². The van der Waals surface area contributed by atoms with Crippen LogP contribution >= 0.6 is 0 Å². The highest BCUT2D eigenvalue weighted by molar-refractivity contribution is 5.57. The van der Waals surface area contributed by atoms with Gasteiger partial charge in [-0.3, -0.25) is 0 Å². The number of nitrogens with zero attached hydrogens (tertiary/aromatic N) is 3. The Kier molecular flexibility index (Phi) is 3.52. The first-order valence-corrected chi connectivity index (χ1v) is 6.88. The summed E-state index contributed by atoms with van der Waals surface area (Å²) in [6.07, 6.45) is 2.78. The van der Waals surface area contributed by atoms with Gasteiger partial charge in [-0.2, -0.15) is 4.98 Å². The van der Waals surface area contributed by atoms with Crippen LogP contribution in [0.2, 0.25) is 0 Å². The number of nitrogens with one attached hydrogen (secondary N) is 1. The Balaban J connectivity index is 1.75. The Morgan fingerprint density at radius 2 is 2.05 bits per heavy atom. The van der Waals surface area contributed by atoms with E-state index >= 15 is 0 Å². The first-order chi connectivity index (χ1) is 9.70. The average molecular weight is 269 g/mol. The first-order valence-electron chi connectivity index (χ1n) is 6.88. The Hall–Kier alpha value is -2.14. The molecule has 2 aromatic rings. The molecular weight excluding hydrogens is 250 g/mol. The molecule has 3 rings (SSSR count). The summed E-state index contributed by atoms with van der Waals surface area (Å²) in [5.74, 6) is 1.55. The van der Waals surface area contributed by atoms with Crippen molar-refractivity contribution in [3.05, 3.63) is 42.1 Å². The normalized spacial score (nSPS) is 18.3. The van der Waals surface area contributed by atoms with Gasteiger partial charge in [0.05, 0.1) is 0 Å². The van der Waals surface area contributed by atoms with E-state index in [1.165, 1.54) is 5.56 Å². The molecule has 0 saturated carbocycles. The van der Waals surface area contributed by atoms with Crippen LogP contribution in [0.15, 0.2) is 36.5 Å². The number of hydrogen-bond donors (Lipinski definition) is 2. The molecule has 20 heavy (non-hydrogen) atoms. The second-order valence-corrected chi connectivity index (χ2v) is 5.23. The van der Waals surface area contributed by atoms with Crippen LogP contribution in [0.3, 0.4) is 0 Å². The molecule has 5 nitrogen and oxygen atoms in total. The molecular formula is C15H19N5. The maximum Gasteiger partial charge on any atom is 0.227 e. The van der Waals surface area contributed by atoms with Gasteiger partial charge in [-0.05, 0) is 31.5 Å². The van der Waals surface area contributed by atoms with E-state index < -0.39 is 0 Å². The molecule has 3 N–H and O–H groups in total. The van der Waals surface area contributed by atoms with Crippen LogP contribution < -0.4 is 16.0 Å². The minimum Gasteiger partial charge on any atom is -0.340 e. The maximum atomic E-state index is 5.93. The summed E-state index contributed by atoms with van der Waals surface area (Å²) in [4.78, 5) is 11.0. The summed E-state index contributed by atoms with van der Waals surface area (Å²) in [6, 6.07) is 10.3. The molecule has 1 aromatic carbocycles. The van der Waals surface area contributed by atoms with Crippen molar-refractivity contribution in [3.8, 4) is 0 Å². The largest absolute Gasteiger partial charge is 0.340 e. The van der Waals surface area contributed by atoms with Gasteiger partial charge < -0.3 is 16.0 Å². The molecule has 0 aliphatic carbocycles. The Bertz CT molecular complexity index is 581. The van der Waals surface area contributed by atoms with Crippen LogP contribution in [0.1, 0.15) is 12.0 Å². The minimum absolute atomic E-state index is 0.229. The highest BCUT2D eigenvalue weighted by Gasteiger charge is 2.21. The number of hydrogen-bond acceptors (Lipinski definition) is 5. The SMILES string of the molecule is Cc1ccc(Nc2ccnc(N3CCC(N)C3)n2)cc1. The third-order valence-electron chi connectivity index (χ3n) is 3.47. The van der Waals surface area contributed by atoms with E-state index in [9.17, 15) is 0 Å². The number of nitrogens with two attached hydrogens (primary N) is 1. The van der Waals surface area contributed by atoms with Crippen LogP contribution in [-0.4, -0.2) is 29.1 Å². The van der Waals surface area contributed by atoms with Crippen molar-refractivity contribution in [2.75, 3.05) is 23.3 Å². The Labute approximate surface area is 118 Å². The highest BCUT2D eigenvalue weighted by Crippen LogP contribution is 2.19. The van der Waals surface area contributed by atoms with Gasteiger partial charge in [-0.25, -0.2) is 4.98 Å². The highest BCUT2D eigenvalue weighted by atomic mass is 15.3. The van der Waals surface area contributed by atoms with Gasteiger partial charge in [0.15, 0.2) is 0 Å². The van der Waals surface area contributed by atoms with Gasteiger partial charge in [0.1, 0.15) is 5.82 Å². The zero-order chi connectivity index (χ0) is 13.9. The molecule has 1 atom stereocenters. The van der Waals surface area contributed by atoms with E-state index in [1.54, 1.807) is 6.20 Å². The molecule has 5 heteroatoms. The van der Waals surface area contributed by atoms with E-state index in [1.807, 2.05) is 18.2 Å². The van der Waals surface area contributed by atoms with Crippen LogP contribution in [-0.2, 0) is 0 Å². The fraction of sp³-hybridized carbons (Fsp3) is 0.333. The van der Waals surface area contributed by atoms with E-state index in [2.05, 4.69) is 39.2 Å². The molecule has 1 aromatic heterocycles. The fourth-order valence-electron chi connectivity index (χ4n) is 2.32. The lowest BCUT2D eigenvalue weighted by molar-refractivity contribution is 0.750. The van der Waals surface area contributed by atoms with Crippen LogP contribution in [0.4, 0.5) is 17.5 Å². The van der Waals surface area contributed by atoms with Crippen molar-refractivity contribution in [2.45, 2.75) is 19.4 Å². The average Bonchev–Trinajstić information content (AvgIpc) is 2.89. The quantitative estimate of drug-likeness (QED) is 0.893. The minimum atomic E-state index is 0.229. The lowest BCUT2D eigenvalue weighted by atomic mass is 10.2. The number of anilines is 3. The van der Waals surface area contributed by atoms with Crippen molar-refractivity contribution in [1.82, 2.24) is 9.97 Å². The van der Waals surface area contributed by atoms with E-state index in [4.69, 9.17) is 5.73 Å². The van der Waals surface area contributed by atoms with Gasteiger partial charge >= 0.3 is 0 Å². The summed E-state index contributed by atoms with van der Waals surface area (Å²) < 4.78 is 0. The van der Waals surface area contributed by atoms with Gasteiger partial charge in [-0.15, -0.1) is 0 Å². The zero-order valence-corrected chi connectivity index (χ0v) is 11.6. The van der Waals surface area contributed by atoms with E-state index in [0.29, 0.717) is 0 Å². The summed E-state index contributed by atoms with van der Waals surface area (Å²) in [5.41, 5.74) is 8.19. The summed E-state index contributed by atoms with van der Waals surface area (Å²) in [5, 5.41) is 3.30. The lowest BCUT2D eigenvalue weighted by Crippen LogP contribution is -2.27. The first kappa shape index (κ1) is 12.9. The predicted octanol–water partition coefficient (Wildman–Crippen LogP) is 2.07. The molecule has 0 amide bonds. The second kappa shape index (κ2) is 5.46. The number of rotatable bonds is 3. The molecule has 0 spiro atoms. The number of aromatic nitrogens is 2. The van der Waals surface area contributed by atoms with Crippen molar-refractivity contribution in [2.24, 2.45) is 5.73 Å². The summed E-state index contributed by atoms with van der Waals surface area (Å²) in [7, 11) is 0. The van der Waals surface area contributed by atoms with Crippen molar-refractivity contribution < 1.29 is 0 Å². The summed E-state index contributed by atoms with van der Waals surface area (Å²) >= 11 is 0. The molecule has 0 bridgehead atoms. The monoisotopic (exact) mass is 269 g/mol. The smallest absolute Gasteiger partial charge is 0.227 e. The molecule has 1 saturated heterocycles. The molecule has 104 valence electrons. The van der Waals surface area contributed by atoms with Gasteiger partial charge in [0.25, 0.3) is 0 Å². The molecule has 2 heterocycles. The van der Waals surface area contributed by atoms with Gasteiger partial charge in [0, 0.05) is 31.0 Å². The third-order valence-corrected chi connectivity index (χ3v) is 3.47. The second-order valence-electron chi connectivity index (χ2n) is 5.23. The van der Waals surface area contributed by atoms with Crippen molar-refractivity contribution in [3.63, 3.8) is 0 Å². The lowest BCUT2D eigenvalue weighted by Gasteiger charge is -2.16. The molecule has 1 fully saturated rings. The van der Waals surface area contributed by atoms with Crippen LogP contribution in [0, 0.1) is 6.92 Å². The Morgan fingerprint density at radius 3 is 2.75 bits per heavy atom. The van der Waals surface area contributed by atoms with Gasteiger partial charge in [0.2, 0.25) is 5.95 Å². The maximum absolute atomic E-state index is 5.93. The number of benzene rings is 1. The molecule has 1 aliphatic rings. The van der Waals surface area contributed by atoms with Crippen molar-refractivity contribution in [1.29, 1.82) is 0 Å². The fourth-order valence-corrected chi connectivity index (χ4v) is 2.32. The predicted molar refractivity (Wildman–Crippen MR) is 81.3 cm³/mol. The Morgan fingerprint density at radius 1 is 1.25 bits per heavy atom. The molecule has 1 unspecified atom stereocenters. The summed E-state index contributed by atoms with van der Waals surface area (Å²) in [6.45, 7) is 3.83. The van der Waals surface area contributed by atoms with E-state index in [-0.39, 0.29) is 6.04 Å². The third kappa shape index (κ3) is 2.88. The topological polar surface area (TPSA) is 67.1 Å². The van der Waals surface area contributed by atoms with Crippen LogP contribution in [0.5, 0.6) is 0 Å². The molecule has 0 radical (unpaired) electrons. The zero-order valence-electron chi connectivity index (χ0n) is 11.6. The number of aryl methyl sites for hydroxylation is 1. The molecule has 1 aliphatic heterocycles. The van der Waals surface area contributed by atoms with Gasteiger partial charge in [-0.1, -0.05) is 17.7 Å². The van der Waals surface area contributed by atoms with Crippen molar-refractivity contribution >= 4 is 17.5 Å².